The summed E-state index contributed by atoms with van der Waals surface area (Å²) >= 11 is 0. The van der Waals surface area contributed by atoms with Crippen LogP contribution in [0.1, 0.15) is 102 Å². The molecule has 2 aliphatic heterocycles. The molecule has 0 unspecified atom stereocenters. The maximum absolute atomic E-state index is 12.9. The lowest BCUT2D eigenvalue weighted by molar-refractivity contribution is -0.0167. The third kappa shape index (κ3) is 7.50. The third-order valence-corrected chi connectivity index (χ3v) is 17.2. The van der Waals surface area contributed by atoms with Crippen molar-refractivity contribution in [3.05, 3.63) is 70.8 Å². The van der Waals surface area contributed by atoms with Crippen molar-refractivity contribution in [3.8, 4) is 0 Å². The predicted octanol–water partition coefficient (Wildman–Crippen LogP) is 3.93. The van der Waals surface area contributed by atoms with Crippen LogP contribution in [0.3, 0.4) is 0 Å². The van der Waals surface area contributed by atoms with Gasteiger partial charge in [-0.1, -0.05) is 24.3 Å². The highest BCUT2D eigenvalue weighted by Crippen LogP contribution is 2.56. The standard InChI is InChI=1S/2C20H27N3O3S/c24-19(22-20-10-15-7-16(11-20)9-17(8-15)12-20)18-3-1-14(2-4-18)13-23-6-5-21-27(23,25)26;24-20(22-19-17-8-14-7-15(10-17)11-18(19)9-14)16-3-1-13(2-4-16)12-23-6-5-21-27(23,25)26/h1-4,15-17,21H,5-13H2,(H,22,24);1-4,14-15,17-19,21H,5-12H2,(H,22,24). The Morgan fingerprint density at radius 3 is 1.41 bits per heavy atom. The molecule has 2 aromatic carbocycles. The van der Waals surface area contributed by atoms with Gasteiger partial charge >= 0.3 is 0 Å². The predicted molar refractivity (Wildman–Crippen MR) is 204 cm³/mol. The van der Waals surface area contributed by atoms with E-state index in [1.807, 2.05) is 48.5 Å². The monoisotopic (exact) mass is 778 g/mol. The highest BCUT2D eigenvalue weighted by atomic mass is 32.2. The van der Waals surface area contributed by atoms with Gasteiger partial charge in [-0.25, -0.2) is 9.44 Å². The van der Waals surface area contributed by atoms with E-state index in [0.29, 0.717) is 68.3 Å². The molecule has 2 aromatic rings. The molecule has 12 rings (SSSR count). The molecular weight excluding hydrogens is 725 g/mol. The number of amides is 2. The second kappa shape index (κ2) is 14.3. The number of nitrogens with zero attached hydrogens (tertiary/aromatic N) is 2. The van der Waals surface area contributed by atoms with Crippen molar-refractivity contribution in [2.24, 2.45) is 41.4 Å². The number of hydrogen-bond acceptors (Lipinski definition) is 6. The summed E-state index contributed by atoms with van der Waals surface area (Å²) in [6.07, 6.45) is 14.1. The fraction of sp³-hybridized carbons (Fsp3) is 0.650. The quantitative estimate of drug-likeness (QED) is 0.319. The number of benzene rings is 2. The van der Waals surface area contributed by atoms with Crippen LogP contribution in [-0.4, -0.2) is 75.0 Å². The second-order valence-corrected chi connectivity index (χ2v) is 21.5. The van der Waals surface area contributed by atoms with Gasteiger partial charge in [0.2, 0.25) is 0 Å². The molecule has 0 atom stereocenters. The van der Waals surface area contributed by atoms with Crippen LogP contribution < -0.4 is 20.1 Å². The fourth-order valence-electron chi connectivity index (χ4n) is 12.3. The summed E-state index contributed by atoms with van der Waals surface area (Å²) in [7, 11) is -6.68. The fourth-order valence-corrected chi connectivity index (χ4v) is 14.6. The van der Waals surface area contributed by atoms with E-state index in [2.05, 4.69) is 20.1 Å². The molecule has 292 valence electrons. The highest BCUT2D eigenvalue weighted by Gasteiger charge is 2.52. The molecule has 0 aromatic heterocycles. The first-order chi connectivity index (χ1) is 25.9. The summed E-state index contributed by atoms with van der Waals surface area (Å²) in [4.78, 5) is 25.6. The molecule has 4 N–H and O–H groups in total. The minimum absolute atomic E-state index is 0.00878. The van der Waals surface area contributed by atoms with E-state index in [1.54, 1.807) is 0 Å². The minimum atomic E-state index is -3.34. The molecule has 54 heavy (non-hydrogen) atoms. The normalized spacial score (nSPS) is 36.8. The molecule has 0 spiro atoms. The topological polar surface area (TPSA) is 157 Å². The van der Waals surface area contributed by atoms with Crippen molar-refractivity contribution in [1.82, 2.24) is 28.7 Å². The molecule has 2 amide bonds. The molecule has 10 fully saturated rings. The van der Waals surface area contributed by atoms with Crippen molar-refractivity contribution in [1.29, 1.82) is 0 Å². The van der Waals surface area contributed by atoms with Crippen LogP contribution in [0.5, 0.6) is 0 Å². The van der Waals surface area contributed by atoms with Crippen molar-refractivity contribution in [3.63, 3.8) is 0 Å². The maximum atomic E-state index is 12.9. The lowest BCUT2D eigenvalue weighted by Gasteiger charge is -2.56. The Balaban J connectivity index is 0.000000142. The SMILES string of the molecule is O=C(NC12CC3CC(CC(C3)C1)C2)c1ccc(CN2CCNS2(=O)=O)cc1.O=C(NC1C2CC3CC(C2)CC1C3)c1ccc(CN2CCNS2(=O)=O)cc1. The molecule has 2 heterocycles. The Labute approximate surface area is 320 Å². The Hall–Kier alpha value is -2.88. The smallest absolute Gasteiger partial charge is 0.279 e. The van der Waals surface area contributed by atoms with Gasteiger partial charge in [0, 0.05) is 62.0 Å². The van der Waals surface area contributed by atoms with Gasteiger partial charge in [0.15, 0.2) is 0 Å². The van der Waals surface area contributed by atoms with Crippen LogP contribution in [0.2, 0.25) is 0 Å². The second-order valence-electron chi connectivity index (χ2n) is 17.9. The van der Waals surface area contributed by atoms with Gasteiger partial charge in [-0.05, 0) is 147 Å². The van der Waals surface area contributed by atoms with Crippen LogP contribution >= 0.6 is 0 Å². The number of carbonyl (C=O) groups excluding carboxylic acids is 2. The first kappa shape index (κ1) is 36.7. The number of rotatable bonds is 8. The van der Waals surface area contributed by atoms with Gasteiger partial charge < -0.3 is 10.6 Å². The van der Waals surface area contributed by atoms with E-state index in [9.17, 15) is 26.4 Å². The van der Waals surface area contributed by atoms with E-state index in [4.69, 9.17) is 0 Å². The molecule has 8 bridgehead atoms. The molecule has 8 saturated carbocycles. The van der Waals surface area contributed by atoms with E-state index in [-0.39, 0.29) is 17.4 Å². The van der Waals surface area contributed by atoms with Gasteiger partial charge in [0.1, 0.15) is 0 Å². The van der Waals surface area contributed by atoms with Crippen molar-refractivity contribution < 1.29 is 26.4 Å². The molecular formula is C40H54N6O6S2. The Morgan fingerprint density at radius 1 is 0.593 bits per heavy atom. The van der Waals surface area contributed by atoms with Crippen molar-refractivity contribution >= 4 is 32.2 Å². The number of nitrogens with one attached hydrogen (secondary N) is 4. The minimum Gasteiger partial charge on any atom is -0.349 e. The molecule has 8 aliphatic carbocycles. The molecule has 0 radical (unpaired) electrons. The number of hydrogen-bond donors (Lipinski definition) is 4. The summed E-state index contributed by atoms with van der Waals surface area (Å²) in [6, 6.07) is 15.1. The van der Waals surface area contributed by atoms with Gasteiger partial charge in [-0.15, -0.1) is 0 Å². The lowest BCUT2D eigenvalue weighted by atomic mass is 9.53. The van der Waals surface area contributed by atoms with Crippen LogP contribution in [0.15, 0.2) is 48.5 Å². The summed E-state index contributed by atoms with van der Waals surface area (Å²) < 4.78 is 55.2. The van der Waals surface area contributed by atoms with Crippen LogP contribution in [0.25, 0.3) is 0 Å². The first-order valence-corrected chi connectivity index (χ1v) is 23.1. The van der Waals surface area contributed by atoms with Crippen LogP contribution in [-0.2, 0) is 33.5 Å². The van der Waals surface area contributed by atoms with E-state index in [0.717, 1.165) is 60.0 Å². The summed E-state index contributed by atoms with van der Waals surface area (Å²) in [5.74, 6) is 5.55. The summed E-state index contributed by atoms with van der Waals surface area (Å²) in [5.41, 5.74) is 3.13. The molecule has 2 saturated heterocycles. The van der Waals surface area contributed by atoms with Gasteiger partial charge in [-0.2, -0.15) is 25.4 Å². The third-order valence-electron chi connectivity index (χ3n) is 14.1. The molecule has 14 heteroatoms. The van der Waals surface area contributed by atoms with E-state index in [1.165, 1.54) is 60.0 Å². The van der Waals surface area contributed by atoms with Crippen LogP contribution in [0.4, 0.5) is 0 Å². The molecule has 12 nitrogen and oxygen atoms in total. The first-order valence-electron chi connectivity index (χ1n) is 20.2. The molecule has 10 aliphatic rings. The highest BCUT2D eigenvalue weighted by molar-refractivity contribution is 7.87. The van der Waals surface area contributed by atoms with E-state index < -0.39 is 20.4 Å². The zero-order valence-corrected chi connectivity index (χ0v) is 32.6. The Bertz CT molecular complexity index is 1910. The van der Waals surface area contributed by atoms with Gasteiger partial charge in [0.05, 0.1) is 0 Å². The number of carbonyl (C=O) groups is 2. The zero-order valence-electron chi connectivity index (χ0n) is 30.9. The Morgan fingerprint density at radius 2 is 1.00 bits per heavy atom. The summed E-state index contributed by atoms with van der Waals surface area (Å²) in [5, 5.41) is 6.72. The van der Waals surface area contributed by atoms with E-state index >= 15 is 0 Å². The average Bonchev–Trinajstić information content (AvgIpc) is 3.63. The van der Waals surface area contributed by atoms with Crippen molar-refractivity contribution in [2.45, 2.75) is 95.3 Å². The summed E-state index contributed by atoms with van der Waals surface area (Å²) in [6.45, 7) is 2.55. The van der Waals surface area contributed by atoms with Gasteiger partial charge in [-0.3, -0.25) is 9.59 Å². The maximum Gasteiger partial charge on any atom is 0.279 e. The Kier molecular flexibility index (Phi) is 9.70. The van der Waals surface area contributed by atoms with Gasteiger partial charge in [0.25, 0.3) is 32.2 Å². The largest absolute Gasteiger partial charge is 0.349 e. The average molecular weight is 779 g/mol. The lowest BCUT2D eigenvalue weighted by Crippen LogP contribution is -2.59. The van der Waals surface area contributed by atoms with Crippen LogP contribution in [0, 0.1) is 41.4 Å². The zero-order chi connectivity index (χ0) is 37.2. The van der Waals surface area contributed by atoms with Crippen molar-refractivity contribution in [2.75, 3.05) is 26.2 Å².